The second kappa shape index (κ2) is 16.8. The molecule has 320 valence electrons. The number of carbonyl (C=O) groups is 3. The van der Waals surface area contributed by atoms with Crippen LogP contribution in [0.5, 0.6) is 11.6 Å². The number of carbonyl (C=O) groups excluding carboxylic acids is 3. The molecule has 0 radical (unpaired) electrons. The summed E-state index contributed by atoms with van der Waals surface area (Å²) in [5, 5.41) is 9.84. The fourth-order valence-electron chi connectivity index (χ4n) is 7.82. The molecule has 3 aliphatic rings. The highest BCUT2D eigenvalue weighted by Crippen LogP contribution is 2.46. The molecule has 2 aliphatic carbocycles. The number of anilines is 2. The van der Waals surface area contributed by atoms with E-state index in [1.54, 1.807) is 18.2 Å². The first-order chi connectivity index (χ1) is 28.5. The van der Waals surface area contributed by atoms with E-state index in [4.69, 9.17) is 26.1 Å². The van der Waals surface area contributed by atoms with E-state index in [1.165, 1.54) is 35.6 Å². The number of halogens is 1. The minimum Gasteiger partial charge on any atom is -0.494 e. The molecule has 0 spiro atoms. The first kappa shape index (κ1) is 43.2. The average Bonchev–Trinajstić information content (AvgIpc) is 4.11. The molecule has 2 aromatic carbocycles. The summed E-state index contributed by atoms with van der Waals surface area (Å²) < 4.78 is 39.9. The third-order valence-corrected chi connectivity index (χ3v) is 14.4. The minimum atomic E-state index is -3.90. The number of benzene rings is 2. The van der Waals surface area contributed by atoms with Gasteiger partial charge in [0.1, 0.15) is 29.5 Å². The molecule has 7 rings (SSSR count). The van der Waals surface area contributed by atoms with Crippen molar-refractivity contribution in [2.24, 2.45) is 11.3 Å². The first-order valence-corrected chi connectivity index (χ1v) is 23.0. The van der Waals surface area contributed by atoms with Crippen molar-refractivity contribution in [2.45, 2.75) is 89.3 Å². The van der Waals surface area contributed by atoms with Crippen LogP contribution in [0, 0.1) is 11.3 Å². The Hall–Kier alpha value is -4.93. The van der Waals surface area contributed by atoms with Crippen molar-refractivity contribution in [1.82, 2.24) is 24.9 Å². The van der Waals surface area contributed by atoms with Gasteiger partial charge in [0.15, 0.2) is 5.13 Å². The fraction of sp³-hybridized carbons (Fsp3) is 0.465. The first-order valence-electron chi connectivity index (χ1n) is 20.2. The van der Waals surface area contributed by atoms with Gasteiger partial charge in [0.25, 0.3) is 5.91 Å². The lowest BCUT2D eigenvalue weighted by molar-refractivity contribution is -0.141. The summed E-state index contributed by atoms with van der Waals surface area (Å²) in [6, 6.07) is 11.5. The highest BCUT2D eigenvalue weighted by molar-refractivity contribution is 7.91. The van der Waals surface area contributed by atoms with E-state index >= 15 is 0 Å². The van der Waals surface area contributed by atoms with Gasteiger partial charge in [-0.05, 0) is 68.9 Å². The zero-order valence-corrected chi connectivity index (χ0v) is 37.0. The molecule has 1 aliphatic heterocycles. The number of methoxy groups -OCH3 is 1. The van der Waals surface area contributed by atoms with E-state index < -0.39 is 62.1 Å². The van der Waals surface area contributed by atoms with Gasteiger partial charge in [-0.2, -0.15) is 0 Å². The van der Waals surface area contributed by atoms with Gasteiger partial charge >= 0.3 is 0 Å². The maximum absolute atomic E-state index is 15.0. The SMILES string of the molecule is C=C[C@@H]1C[C@]1(NC(=O)[C@@H]1C[C@@H](Oc2ncc(OC)c3ccc(Cl)cc23)CN1C(=O)[C@@H](Nc1nc(-c2ccc(N(CC)CC)cc2)cs1)C(C)(C)C)C(=O)NS(=O)(=O)C1CC1. The molecule has 1 saturated heterocycles. The Labute approximate surface area is 360 Å². The van der Waals surface area contributed by atoms with Gasteiger partial charge < -0.3 is 29.9 Å². The van der Waals surface area contributed by atoms with Crippen LogP contribution in [0.3, 0.4) is 0 Å². The highest BCUT2D eigenvalue weighted by atomic mass is 35.5. The number of aromatic nitrogens is 2. The summed E-state index contributed by atoms with van der Waals surface area (Å²) in [6.45, 7) is 15.6. The van der Waals surface area contributed by atoms with Crippen molar-refractivity contribution < 1.29 is 32.3 Å². The Kier molecular flexibility index (Phi) is 12.1. The summed E-state index contributed by atoms with van der Waals surface area (Å²) in [5.41, 5.74) is 0.613. The van der Waals surface area contributed by atoms with E-state index in [9.17, 15) is 22.8 Å². The lowest BCUT2D eigenvalue weighted by Crippen LogP contribution is -2.58. The summed E-state index contributed by atoms with van der Waals surface area (Å²) >= 11 is 7.77. The number of nitrogens with one attached hydrogen (secondary N) is 3. The van der Waals surface area contributed by atoms with Crippen molar-refractivity contribution in [1.29, 1.82) is 0 Å². The average molecular weight is 879 g/mol. The van der Waals surface area contributed by atoms with Crippen molar-refractivity contribution in [2.75, 3.05) is 37.0 Å². The number of amides is 3. The number of sulfonamides is 1. The Morgan fingerprint density at radius 3 is 2.45 bits per heavy atom. The molecule has 17 heteroatoms. The quantitative estimate of drug-likeness (QED) is 0.106. The number of ether oxygens (including phenoxy) is 2. The van der Waals surface area contributed by atoms with E-state index in [1.807, 2.05) is 38.3 Å². The summed E-state index contributed by atoms with van der Waals surface area (Å²) in [6.07, 6.45) is 3.49. The van der Waals surface area contributed by atoms with Crippen LogP contribution in [0.4, 0.5) is 10.8 Å². The molecule has 5 atom stereocenters. The normalized spacial score (nSPS) is 21.9. The van der Waals surface area contributed by atoms with Crippen LogP contribution in [0.1, 0.15) is 60.3 Å². The molecule has 14 nitrogen and oxygen atoms in total. The standard InChI is InChI=1S/C43H52ClN7O7S2/c1-8-26-21-43(26,40(54)49-60(55,56)30-16-17-30)48-37(52)34-20-29(58-38-32-19-27(44)13-18-31(32)35(57-7)22-45-38)23-51(34)39(53)36(42(4,5)6)47-41-46-33(24-59-41)25-11-14-28(15-12-25)50(9-2)10-3/h8,11-15,18-19,22,24,26,29-30,34,36H,1,9-10,16-17,20-21,23H2,2-7H3,(H,46,47)(H,48,52)(H,49,54)/t26-,29-,34+,36-,43-/m1/s1. The number of rotatable bonds is 16. The van der Waals surface area contributed by atoms with Crippen molar-refractivity contribution in [3.05, 3.63) is 71.7 Å². The second-order valence-corrected chi connectivity index (χ2v) is 19.9. The number of hydrogen-bond donors (Lipinski definition) is 3. The predicted molar refractivity (Wildman–Crippen MR) is 235 cm³/mol. The van der Waals surface area contributed by atoms with Gasteiger partial charge in [-0.1, -0.05) is 50.6 Å². The van der Waals surface area contributed by atoms with Crippen LogP contribution in [-0.2, 0) is 24.4 Å². The van der Waals surface area contributed by atoms with Crippen LogP contribution >= 0.6 is 22.9 Å². The van der Waals surface area contributed by atoms with Crippen molar-refractivity contribution >= 4 is 72.3 Å². The van der Waals surface area contributed by atoms with Crippen LogP contribution in [0.15, 0.2) is 66.7 Å². The number of pyridine rings is 1. The molecule has 3 N–H and O–H groups in total. The molecular formula is C43H52ClN7O7S2. The molecular weight excluding hydrogens is 826 g/mol. The van der Waals surface area contributed by atoms with Gasteiger partial charge in [-0.3, -0.25) is 19.1 Å². The van der Waals surface area contributed by atoms with Gasteiger partial charge in [0, 0.05) is 57.9 Å². The summed E-state index contributed by atoms with van der Waals surface area (Å²) in [5.74, 6) is -1.57. The summed E-state index contributed by atoms with van der Waals surface area (Å²) in [4.78, 5) is 56.2. The van der Waals surface area contributed by atoms with E-state index in [-0.39, 0.29) is 31.2 Å². The molecule has 3 heterocycles. The van der Waals surface area contributed by atoms with Gasteiger partial charge in [-0.15, -0.1) is 17.9 Å². The lowest BCUT2D eigenvalue weighted by atomic mass is 9.85. The molecule has 2 aromatic heterocycles. The maximum Gasteiger partial charge on any atom is 0.259 e. The van der Waals surface area contributed by atoms with Crippen LogP contribution in [-0.4, -0.2) is 96.7 Å². The zero-order valence-electron chi connectivity index (χ0n) is 34.7. The van der Waals surface area contributed by atoms with E-state index in [0.29, 0.717) is 39.5 Å². The van der Waals surface area contributed by atoms with Gasteiger partial charge in [0.2, 0.25) is 27.7 Å². The molecule has 0 unspecified atom stereocenters. The Balaban J connectivity index is 1.17. The number of thiazole rings is 1. The molecule has 3 amide bonds. The molecule has 3 fully saturated rings. The molecule has 4 aromatic rings. The summed E-state index contributed by atoms with van der Waals surface area (Å²) in [7, 11) is -2.36. The third kappa shape index (κ3) is 8.77. The predicted octanol–water partition coefficient (Wildman–Crippen LogP) is 6.41. The molecule has 0 bridgehead atoms. The Bertz CT molecular complexity index is 2400. The van der Waals surface area contributed by atoms with E-state index in [2.05, 4.69) is 57.8 Å². The second-order valence-electron chi connectivity index (χ2n) is 16.7. The Morgan fingerprint density at radius 1 is 1.12 bits per heavy atom. The maximum atomic E-state index is 15.0. The van der Waals surface area contributed by atoms with Crippen LogP contribution in [0.25, 0.3) is 22.0 Å². The number of nitrogens with zero attached hydrogens (tertiary/aromatic N) is 4. The van der Waals surface area contributed by atoms with Gasteiger partial charge in [-0.25, -0.2) is 18.4 Å². The number of fused-ring (bicyclic) bond motifs is 1. The highest BCUT2D eigenvalue weighted by Gasteiger charge is 2.62. The van der Waals surface area contributed by atoms with E-state index in [0.717, 1.165) is 30.0 Å². The van der Waals surface area contributed by atoms with Crippen LogP contribution < -0.4 is 29.7 Å². The topological polar surface area (TPSA) is 172 Å². The number of hydrogen-bond acceptors (Lipinski definition) is 12. The van der Waals surface area contributed by atoms with Crippen LogP contribution in [0.2, 0.25) is 5.02 Å². The zero-order chi connectivity index (χ0) is 43.1. The fourth-order valence-corrected chi connectivity index (χ4v) is 10.1. The smallest absolute Gasteiger partial charge is 0.259 e. The minimum absolute atomic E-state index is 0.00307. The van der Waals surface area contributed by atoms with Crippen molar-refractivity contribution in [3.8, 4) is 22.9 Å². The third-order valence-electron chi connectivity index (χ3n) is 11.5. The monoisotopic (exact) mass is 877 g/mol. The number of likely N-dealkylation sites (tertiary alicyclic amines) is 1. The molecule has 2 saturated carbocycles. The van der Waals surface area contributed by atoms with Crippen molar-refractivity contribution in [3.63, 3.8) is 0 Å². The largest absolute Gasteiger partial charge is 0.494 e. The molecule has 60 heavy (non-hydrogen) atoms. The Morgan fingerprint density at radius 2 is 1.83 bits per heavy atom. The lowest BCUT2D eigenvalue weighted by Gasteiger charge is -2.35. The van der Waals surface area contributed by atoms with Gasteiger partial charge in [0.05, 0.1) is 30.8 Å².